The maximum Gasteiger partial charge on any atom is 0.160 e. The van der Waals surface area contributed by atoms with Gasteiger partial charge in [0.2, 0.25) is 0 Å². The second kappa shape index (κ2) is 8.27. The van der Waals surface area contributed by atoms with E-state index in [0.29, 0.717) is 5.92 Å². The smallest absolute Gasteiger partial charge is 0.160 e. The molecule has 0 spiro atoms. The number of nitrogens with zero attached hydrogens (tertiary/aromatic N) is 2. The van der Waals surface area contributed by atoms with E-state index in [0.717, 1.165) is 33.7 Å². The average Bonchev–Trinajstić information content (AvgIpc) is 2.52. The fraction of sp³-hybridized carbons (Fsp3) is 0.750. The largest absolute Gasteiger partial charge is 0.373 e. The van der Waals surface area contributed by atoms with E-state index in [1.807, 2.05) is 7.05 Å². The third-order valence-electron chi connectivity index (χ3n) is 4.25. The number of halogens is 1. The van der Waals surface area contributed by atoms with Crippen molar-refractivity contribution < 1.29 is 4.74 Å². The Balaban J connectivity index is 2.33. The molecule has 1 unspecified atom stereocenters. The third-order valence-corrected chi connectivity index (χ3v) is 5.38. The van der Waals surface area contributed by atoms with Crippen LogP contribution < -0.4 is 5.32 Å². The second-order valence-electron chi connectivity index (χ2n) is 5.75. The van der Waals surface area contributed by atoms with Gasteiger partial charge in [-0.25, -0.2) is 9.97 Å². The molecule has 5 heteroatoms. The minimum Gasteiger partial charge on any atom is -0.373 e. The van der Waals surface area contributed by atoms with Crippen molar-refractivity contribution in [2.75, 3.05) is 19.5 Å². The van der Waals surface area contributed by atoms with Crippen molar-refractivity contribution in [3.05, 3.63) is 15.1 Å². The van der Waals surface area contributed by atoms with Crippen molar-refractivity contribution in [2.45, 2.75) is 58.0 Å². The molecule has 1 atom stereocenters. The number of aryl methyl sites for hydroxylation is 1. The molecule has 0 amide bonds. The highest BCUT2D eigenvalue weighted by atomic mass is 127. The standard InChI is InChI=1S/C16H26IN3O/c1-4-8-12-13(17)15(18-2)20-16(19-12)14(21-3)11-9-6-5-7-10-11/h11,14H,4-10H2,1-3H3,(H,18,19,20). The summed E-state index contributed by atoms with van der Waals surface area (Å²) in [5.74, 6) is 2.35. The van der Waals surface area contributed by atoms with Gasteiger partial charge in [0.25, 0.3) is 0 Å². The maximum atomic E-state index is 5.79. The summed E-state index contributed by atoms with van der Waals surface area (Å²) in [4.78, 5) is 9.56. The molecule has 0 radical (unpaired) electrons. The van der Waals surface area contributed by atoms with Gasteiger partial charge in [-0.05, 0) is 47.8 Å². The lowest BCUT2D eigenvalue weighted by Gasteiger charge is -2.28. The van der Waals surface area contributed by atoms with Gasteiger partial charge in [0.1, 0.15) is 11.9 Å². The van der Waals surface area contributed by atoms with Gasteiger partial charge in [-0.2, -0.15) is 0 Å². The van der Waals surface area contributed by atoms with Gasteiger partial charge in [-0.15, -0.1) is 0 Å². The summed E-state index contributed by atoms with van der Waals surface area (Å²) >= 11 is 2.34. The molecule has 21 heavy (non-hydrogen) atoms. The zero-order valence-electron chi connectivity index (χ0n) is 13.3. The van der Waals surface area contributed by atoms with E-state index >= 15 is 0 Å². The van der Waals surface area contributed by atoms with Crippen LogP contribution in [0.2, 0.25) is 0 Å². The highest BCUT2D eigenvalue weighted by Gasteiger charge is 2.28. The van der Waals surface area contributed by atoms with E-state index < -0.39 is 0 Å². The van der Waals surface area contributed by atoms with E-state index in [4.69, 9.17) is 14.7 Å². The number of aromatic nitrogens is 2. The maximum absolute atomic E-state index is 5.79. The van der Waals surface area contributed by atoms with Gasteiger partial charge in [-0.1, -0.05) is 32.6 Å². The number of hydrogen-bond acceptors (Lipinski definition) is 4. The monoisotopic (exact) mass is 403 g/mol. The Labute approximate surface area is 141 Å². The first kappa shape index (κ1) is 16.9. The van der Waals surface area contributed by atoms with Crippen molar-refractivity contribution in [3.8, 4) is 0 Å². The number of ether oxygens (including phenoxy) is 1. The first-order valence-electron chi connectivity index (χ1n) is 7.98. The molecular weight excluding hydrogens is 377 g/mol. The fourth-order valence-corrected chi connectivity index (χ4v) is 3.93. The van der Waals surface area contributed by atoms with E-state index in [9.17, 15) is 0 Å². The molecule has 1 heterocycles. The molecule has 118 valence electrons. The number of nitrogens with one attached hydrogen (secondary N) is 1. The van der Waals surface area contributed by atoms with Crippen LogP contribution in [0.3, 0.4) is 0 Å². The Morgan fingerprint density at radius 1 is 1.29 bits per heavy atom. The Bertz CT molecular complexity index is 461. The van der Waals surface area contributed by atoms with Crippen LogP contribution in [0.5, 0.6) is 0 Å². The van der Waals surface area contributed by atoms with Gasteiger partial charge in [0.05, 0.1) is 9.26 Å². The molecule has 1 aliphatic carbocycles. The Kier molecular flexibility index (Phi) is 6.67. The van der Waals surface area contributed by atoms with E-state index in [1.54, 1.807) is 7.11 Å². The molecule has 1 fully saturated rings. The van der Waals surface area contributed by atoms with Crippen LogP contribution in [0.15, 0.2) is 0 Å². The van der Waals surface area contributed by atoms with Gasteiger partial charge in [0, 0.05) is 14.2 Å². The van der Waals surface area contributed by atoms with Crippen LogP contribution in [-0.4, -0.2) is 24.1 Å². The summed E-state index contributed by atoms with van der Waals surface area (Å²) in [6.45, 7) is 2.19. The summed E-state index contributed by atoms with van der Waals surface area (Å²) in [7, 11) is 3.71. The second-order valence-corrected chi connectivity index (χ2v) is 6.82. The number of hydrogen-bond donors (Lipinski definition) is 1. The number of methoxy groups -OCH3 is 1. The first-order valence-corrected chi connectivity index (χ1v) is 9.06. The van der Waals surface area contributed by atoms with Gasteiger partial charge < -0.3 is 10.1 Å². The summed E-state index contributed by atoms with van der Waals surface area (Å²) in [6.07, 6.45) is 8.52. The summed E-state index contributed by atoms with van der Waals surface area (Å²) in [6, 6.07) is 0. The Morgan fingerprint density at radius 2 is 2.00 bits per heavy atom. The van der Waals surface area contributed by atoms with Gasteiger partial charge in [0.15, 0.2) is 5.82 Å². The molecule has 1 N–H and O–H groups in total. The number of anilines is 1. The molecule has 0 aliphatic heterocycles. The van der Waals surface area contributed by atoms with Gasteiger partial charge >= 0.3 is 0 Å². The van der Waals surface area contributed by atoms with Crippen LogP contribution in [0.4, 0.5) is 5.82 Å². The van der Waals surface area contributed by atoms with Crippen molar-refractivity contribution in [2.24, 2.45) is 5.92 Å². The molecule has 1 aromatic heterocycles. The molecule has 1 saturated carbocycles. The molecule has 0 aromatic carbocycles. The highest BCUT2D eigenvalue weighted by Crippen LogP contribution is 2.36. The van der Waals surface area contributed by atoms with Crippen molar-refractivity contribution in [1.29, 1.82) is 0 Å². The Hall–Kier alpha value is -0.430. The number of rotatable bonds is 6. The Morgan fingerprint density at radius 3 is 2.57 bits per heavy atom. The topological polar surface area (TPSA) is 47.0 Å². The van der Waals surface area contributed by atoms with Crippen LogP contribution in [0.25, 0.3) is 0 Å². The predicted octanol–water partition coefficient (Wildman–Crippen LogP) is 4.34. The SMILES string of the molecule is CCCc1nc(C(OC)C2CCCCC2)nc(NC)c1I. The molecular formula is C16H26IN3O. The average molecular weight is 403 g/mol. The van der Waals surface area contributed by atoms with Crippen LogP contribution in [0.1, 0.15) is 63.1 Å². The zero-order valence-corrected chi connectivity index (χ0v) is 15.4. The molecule has 4 nitrogen and oxygen atoms in total. The van der Waals surface area contributed by atoms with Crippen LogP contribution >= 0.6 is 22.6 Å². The quantitative estimate of drug-likeness (QED) is 0.718. The van der Waals surface area contributed by atoms with Crippen molar-refractivity contribution >= 4 is 28.4 Å². The third kappa shape index (κ3) is 4.06. The van der Waals surface area contributed by atoms with E-state index in [2.05, 4.69) is 34.8 Å². The highest BCUT2D eigenvalue weighted by molar-refractivity contribution is 14.1. The lowest BCUT2D eigenvalue weighted by molar-refractivity contribution is 0.0288. The van der Waals surface area contributed by atoms with Crippen LogP contribution in [-0.2, 0) is 11.2 Å². The predicted molar refractivity (Wildman–Crippen MR) is 94.6 cm³/mol. The molecule has 1 aromatic rings. The summed E-state index contributed by atoms with van der Waals surface area (Å²) in [5.41, 5.74) is 1.14. The first-order chi connectivity index (χ1) is 10.2. The summed E-state index contributed by atoms with van der Waals surface area (Å²) in [5, 5.41) is 3.20. The van der Waals surface area contributed by atoms with Crippen molar-refractivity contribution in [1.82, 2.24) is 9.97 Å². The molecule has 2 rings (SSSR count). The summed E-state index contributed by atoms with van der Waals surface area (Å²) < 4.78 is 6.93. The van der Waals surface area contributed by atoms with Crippen molar-refractivity contribution in [3.63, 3.8) is 0 Å². The lowest BCUT2D eigenvalue weighted by Crippen LogP contribution is -2.21. The van der Waals surface area contributed by atoms with Gasteiger partial charge in [-0.3, -0.25) is 0 Å². The van der Waals surface area contributed by atoms with E-state index in [-0.39, 0.29) is 6.10 Å². The fourth-order valence-electron chi connectivity index (χ4n) is 3.15. The lowest BCUT2D eigenvalue weighted by atomic mass is 9.85. The molecule has 0 saturated heterocycles. The molecule has 1 aliphatic rings. The molecule has 0 bridgehead atoms. The van der Waals surface area contributed by atoms with E-state index in [1.165, 1.54) is 32.1 Å². The minimum absolute atomic E-state index is 0.0324. The van der Waals surface area contributed by atoms with Crippen LogP contribution in [0, 0.1) is 9.49 Å². The normalized spacial score (nSPS) is 17.7. The minimum atomic E-state index is 0.0324. The zero-order chi connectivity index (χ0) is 15.2.